The number of thiazole rings is 1. The Morgan fingerprint density at radius 3 is 2.38 bits per heavy atom. The summed E-state index contributed by atoms with van der Waals surface area (Å²) in [6.45, 7) is 2.00. The lowest BCUT2D eigenvalue weighted by Crippen LogP contribution is -2.57. The van der Waals surface area contributed by atoms with Crippen LogP contribution in [0.2, 0.25) is 0 Å². The van der Waals surface area contributed by atoms with Gasteiger partial charge in [0.25, 0.3) is 0 Å². The maximum absolute atomic E-state index is 13.6. The number of hydrogen-bond donors (Lipinski definition) is 0. The third-order valence-electron chi connectivity index (χ3n) is 5.83. The first-order chi connectivity index (χ1) is 15.5. The highest BCUT2D eigenvalue weighted by Crippen LogP contribution is 2.52. The molecule has 3 atom stereocenters. The molecule has 162 valence electrons. The smallest absolute Gasteiger partial charge is 0.331 e. The van der Waals surface area contributed by atoms with Crippen LogP contribution in [-0.2, 0) is 14.3 Å². The van der Waals surface area contributed by atoms with Crippen molar-refractivity contribution >= 4 is 41.1 Å². The molecular formula is C25H22N2O3S2. The topological polar surface area (TPSA) is 59.5 Å². The average molecular weight is 463 g/mol. The van der Waals surface area contributed by atoms with Gasteiger partial charge in [-0.2, -0.15) is 0 Å². The number of ether oxygens (including phenoxy) is 1. The van der Waals surface area contributed by atoms with Crippen molar-refractivity contribution in [3.8, 4) is 0 Å². The first kappa shape index (κ1) is 21.0. The molecule has 0 radical (unpaired) electrons. The fourth-order valence-corrected chi connectivity index (χ4v) is 6.42. The van der Waals surface area contributed by atoms with Crippen molar-refractivity contribution in [2.24, 2.45) is 0 Å². The number of aromatic nitrogens is 1. The van der Waals surface area contributed by atoms with E-state index in [1.165, 1.54) is 11.3 Å². The van der Waals surface area contributed by atoms with Gasteiger partial charge < -0.3 is 9.64 Å². The van der Waals surface area contributed by atoms with Crippen molar-refractivity contribution in [2.45, 2.75) is 35.6 Å². The number of nitrogens with zero attached hydrogens (tertiary/aromatic N) is 2. The van der Waals surface area contributed by atoms with Crippen LogP contribution < -0.4 is 0 Å². The fourth-order valence-electron chi connectivity index (χ4n) is 4.24. The van der Waals surface area contributed by atoms with Crippen LogP contribution in [0.3, 0.4) is 0 Å². The molecule has 5 rings (SSSR count). The summed E-state index contributed by atoms with van der Waals surface area (Å²) in [6, 6.07) is 18.7. The molecule has 2 fully saturated rings. The van der Waals surface area contributed by atoms with Gasteiger partial charge in [0.15, 0.2) is 6.10 Å². The Balaban J connectivity index is 1.46. The molecule has 3 aromatic rings. The molecule has 2 aliphatic rings. The van der Waals surface area contributed by atoms with Gasteiger partial charge in [0.2, 0.25) is 5.91 Å². The zero-order chi connectivity index (χ0) is 22.1. The number of thioether (sulfide) groups is 1. The summed E-state index contributed by atoms with van der Waals surface area (Å²) < 4.78 is 5.55. The summed E-state index contributed by atoms with van der Waals surface area (Å²) in [6.07, 6.45) is 5.59. The number of amides is 1. The van der Waals surface area contributed by atoms with Gasteiger partial charge in [0, 0.05) is 11.6 Å². The molecule has 0 bridgehead atoms. The number of carbonyl (C=O) groups is 2. The zero-order valence-electron chi connectivity index (χ0n) is 17.5. The van der Waals surface area contributed by atoms with Crippen molar-refractivity contribution in [2.75, 3.05) is 0 Å². The van der Waals surface area contributed by atoms with Gasteiger partial charge in [0.05, 0.1) is 16.5 Å². The molecule has 3 heterocycles. The zero-order valence-corrected chi connectivity index (χ0v) is 19.1. The van der Waals surface area contributed by atoms with E-state index in [1.807, 2.05) is 85.1 Å². The van der Waals surface area contributed by atoms with Gasteiger partial charge in [-0.1, -0.05) is 66.7 Å². The van der Waals surface area contributed by atoms with Gasteiger partial charge in [-0.25, -0.2) is 9.78 Å². The molecule has 1 amide bonds. The van der Waals surface area contributed by atoms with E-state index < -0.39 is 22.9 Å². The van der Waals surface area contributed by atoms with E-state index in [2.05, 4.69) is 4.98 Å². The molecule has 7 heteroatoms. The summed E-state index contributed by atoms with van der Waals surface area (Å²) in [5.74, 6) is -0.399. The van der Waals surface area contributed by atoms with Gasteiger partial charge in [-0.15, -0.1) is 23.1 Å². The lowest BCUT2D eigenvalue weighted by molar-refractivity contribution is -0.163. The highest BCUT2D eigenvalue weighted by atomic mass is 32.2. The Bertz CT molecular complexity index is 1100. The lowest BCUT2D eigenvalue weighted by atomic mass is 9.95. The minimum Gasteiger partial charge on any atom is -0.451 e. The molecule has 0 unspecified atom stereocenters. The molecule has 0 spiro atoms. The number of rotatable bonds is 6. The van der Waals surface area contributed by atoms with Crippen LogP contribution >= 0.6 is 23.1 Å². The number of hydrogen-bond acceptors (Lipinski definition) is 6. The largest absolute Gasteiger partial charge is 0.451 e. The first-order valence-corrected chi connectivity index (χ1v) is 12.2. The van der Waals surface area contributed by atoms with E-state index in [0.29, 0.717) is 6.42 Å². The molecule has 32 heavy (non-hydrogen) atoms. The number of esters is 1. The van der Waals surface area contributed by atoms with Crippen molar-refractivity contribution in [3.63, 3.8) is 0 Å². The number of fused-ring (bicyclic) bond motifs is 1. The number of carbonyl (C=O) groups excluding carboxylic acids is 2. The van der Waals surface area contributed by atoms with E-state index in [4.69, 9.17) is 4.74 Å². The van der Waals surface area contributed by atoms with Crippen molar-refractivity contribution < 1.29 is 14.3 Å². The summed E-state index contributed by atoms with van der Waals surface area (Å²) >= 11 is 3.17. The van der Waals surface area contributed by atoms with Crippen molar-refractivity contribution in [1.82, 2.24) is 9.88 Å². The van der Waals surface area contributed by atoms with Crippen molar-refractivity contribution in [1.29, 1.82) is 0 Å². The average Bonchev–Trinajstić information content (AvgIpc) is 3.41. The van der Waals surface area contributed by atoms with E-state index in [-0.39, 0.29) is 11.3 Å². The van der Waals surface area contributed by atoms with Gasteiger partial charge in [-0.05, 0) is 24.1 Å². The summed E-state index contributed by atoms with van der Waals surface area (Å²) in [4.78, 5) is 32.1. The molecule has 1 aromatic heterocycles. The Kier molecular flexibility index (Phi) is 5.61. The number of benzene rings is 2. The molecule has 2 aromatic carbocycles. The minimum absolute atomic E-state index is 0.00195. The van der Waals surface area contributed by atoms with E-state index in [1.54, 1.807) is 22.9 Å². The predicted octanol–water partition coefficient (Wildman–Crippen LogP) is 4.92. The summed E-state index contributed by atoms with van der Waals surface area (Å²) in [5.41, 5.74) is 1.79. The molecule has 0 N–H and O–H groups in total. The van der Waals surface area contributed by atoms with Crippen LogP contribution in [0.4, 0.5) is 0 Å². The van der Waals surface area contributed by atoms with Crippen LogP contribution in [0.1, 0.15) is 35.6 Å². The van der Waals surface area contributed by atoms with Gasteiger partial charge in [0.1, 0.15) is 11.0 Å². The maximum Gasteiger partial charge on any atom is 0.331 e. The second-order valence-electron chi connectivity index (χ2n) is 8.01. The van der Waals surface area contributed by atoms with E-state index in [9.17, 15) is 9.59 Å². The van der Waals surface area contributed by atoms with E-state index >= 15 is 0 Å². The Morgan fingerprint density at radius 1 is 1.16 bits per heavy atom. The molecule has 0 aliphatic carbocycles. The molecule has 5 nitrogen and oxygen atoms in total. The molecule has 0 saturated carbocycles. The Morgan fingerprint density at radius 2 is 1.81 bits per heavy atom. The van der Waals surface area contributed by atoms with Gasteiger partial charge >= 0.3 is 5.97 Å². The second-order valence-corrected chi connectivity index (χ2v) is 10.6. The normalized spacial score (nSPS) is 24.6. The third-order valence-corrected chi connectivity index (χ3v) is 8.10. The summed E-state index contributed by atoms with van der Waals surface area (Å²) in [7, 11) is 0. The van der Waals surface area contributed by atoms with Crippen LogP contribution in [-0.4, -0.2) is 37.9 Å². The molecule has 2 saturated heterocycles. The van der Waals surface area contributed by atoms with Crippen LogP contribution in [0.25, 0.3) is 6.08 Å². The third kappa shape index (κ3) is 3.87. The lowest BCUT2D eigenvalue weighted by Gasteiger charge is -2.38. The Labute approximate surface area is 195 Å². The fraction of sp³-hybridized carbons (Fsp3) is 0.240. The monoisotopic (exact) mass is 462 g/mol. The number of β-lactam (4-membered cyclic amide) rings is 1. The first-order valence-electron chi connectivity index (χ1n) is 10.4. The Hall–Kier alpha value is -2.90. The maximum atomic E-state index is 13.6. The minimum atomic E-state index is -0.690. The highest BCUT2D eigenvalue weighted by Gasteiger charge is 2.60. The SMILES string of the molecule is C[C@@]1(/C=C/c2nccs2)S[C@@H]2CC(=O)N2[C@H]1C(=O)OC(c1ccccc1)c1ccccc1. The van der Waals surface area contributed by atoms with Crippen LogP contribution in [0, 0.1) is 0 Å². The predicted molar refractivity (Wildman–Crippen MR) is 127 cm³/mol. The van der Waals surface area contributed by atoms with Crippen LogP contribution in [0.15, 0.2) is 78.3 Å². The second kappa shape index (κ2) is 8.56. The van der Waals surface area contributed by atoms with E-state index in [0.717, 1.165) is 16.1 Å². The molecular weight excluding hydrogens is 440 g/mol. The highest BCUT2D eigenvalue weighted by molar-refractivity contribution is 8.01. The molecule has 2 aliphatic heterocycles. The summed E-state index contributed by atoms with van der Waals surface area (Å²) in [5, 5.41) is 2.78. The van der Waals surface area contributed by atoms with Gasteiger partial charge in [-0.3, -0.25) is 4.79 Å². The standard InChI is InChI=1S/C25H22N2O3S2/c1-25(13-12-19-26-14-15-31-19)23(27-20(28)16-21(27)32-25)24(29)30-22(17-8-4-2-5-9-17)18-10-6-3-7-11-18/h2-15,21-23H,16H2,1H3/b13-12+/t21-,23+,25+/m1/s1. The quantitative estimate of drug-likeness (QED) is 0.384. The van der Waals surface area contributed by atoms with Crippen molar-refractivity contribution in [3.05, 3.63) is 94.5 Å². The van der Waals surface area contributed by atoms with Crippen LogP contribution in [0.5, 0.6) is 0 Å².